The number of carbonyl (C=O) groups is 1. The molecule has 0 fully saturated rings. The van der Waals surface area contributed by atoms with Crippen LogP contribution in [0.3, 0.4) is 0 Å². The molecule has 0 saturated heterocycles. The first-order chi connectivity index (χ1) is 17.9. The number of ether oxygens (including phenoxy) is 3. The van der Waals surface area contributed by atoms with Gasteiger partial charge >= 0.3 is 0 Å². The molecule has 37 heavy (non-hydrogen) atoms. The minimum Gasteiger partial charge on any atom is -0.493 e. The van der Waals surface area contributed by atoms with Crippen molar-refractivity contribution in [1.82, 2.24) is 5.32 Å². The van der Waals surface area contributed by atoms with Crippen molar-refractivity contribution in [2.24, 2.45) is 0 Å². The van der Waals surface area contributed by atoms with Crippen molar-refractivity contribution in [3.63, 3.8) is 0 Å². The van der Waals surface area contributed by atoms with Crippen LogP contribution in [0.15, 0.2) is 95.9 Å². The highest BCUT2D eigenvalue weighted by Gasteiger charge is 2.28. The topological polar surface area (TPSA) is 94.2 Å². The molecule has 0 aliphatic heterocycles. The van der Waals surface area contributed by atoms with Crippen LogP contribution in [-0.2, 0) is 14.8 Å². The Morgan fingerprint density at radius 2 is 1.51 bits per heavy atom. The minimum absolute atomic E-state index is 0.0669. The van der Waals surface area contributed by atoms with Gasteiger partial charge in [0.1, 0.15) is 18.9 Å². The van der Waals surface area contributed by atoms with Crippen molar-refractivity contribution in [2.75, 3.05) is 38.2 Å². The first-order valence-electron chi connectivity index (χ1n) is 11.6. The van der Waals surface area contributed by atoms with Crippen LogP contribution in [0.25, 0.3) is 10.8 Å². The van der Waals surface area contributed by atoms with E-state index in [1.807, 2.05) is 42.5 Å². The number of hydrogen-bond donors (Lipinski definition) is 1. The smallest absolute Gasteiger partial charge is 0.264 e. The van der Waals surface area contributed by atoms with Gasteiger partial charge in [0.2, 0.25) is 5.91 Å². The normalized spacial score (nSPS) is 11.1. The number of rotatable bonds is 11. The van der Waals surface area contributed by atoms with Gasteiger partial charge in [-0.05, 0) is 47.2 Å². The van der Waals surface area contributed by atoms with Crippen molar-refractivity contribution < 1.29 is 27.4 Å². The fourth-order valence-electron chi connectivity index (χ4n) is 3.82. The Balaban J connectivity index is 1.46. The molecule has 1 amide bonds. The summed E-state index contributed by atoms with van der Waals surface area (Å²) < 4.78 is 44.4. The average Bonchev–Trinajstić information content (AvgIpc) is 2.94. The maximum absolute atomic E-state index is 13.5. The molecule has 4 rings (SSSR count). The molecule has 0 radical (unpaired) electrons. The van der Waals surface area contributed by atoms with E-state index in [0.29, 0.717) is 17.2 Å². The molecule has 0 saturated carbocycles. The zero-order valence-corrected chi connectivity index (χ0v) is 21.4. The molecule has 0 aromatic heterocycles. The third-order valence-corrected chi connectivity index (χ3v) is 7.48. The fraction of sp³-hybridized carbons (Fsp3) is 0.179. The maximum atomic E-state index is 13.5. The van der Waals surface area contributed by atoms with Crippen molar-refractivity contribution in [2.45, 2.75) is 4.90 Å². The van der Waals surface area contributed by atoms with E-state index in [4.69, 9.17) is 14.2 Å². The highest BCUT2D eigenvalue weighted by atomic mass is 32.2. The van der Waals surface area contributed by atoms with Crippen molar-refractivity contribution in [3.05, 3.63) is 91.0 Å². The van der Waals surface area contributed by atoms with Crippen molar-refractivity contribution in [1.29, 1.82) is 0 Å². The number of benzene rings is 4. The van der Waals surface area contributed by atoms with Crippen LogP contribution in [0.2, 0.25) is 0 Å². The summed E-state index contributed by atoms with van der Waals surface area (Å²) in [6.07, 6.45) is 0. The zero-order chi connectivity index (χ0) is 26.3. The van der Waals surface area contributed by atoms with Crippen LogP contribution < -0.4 is 23.8 Å². The zero-order valence-electron chi connectivity index (χ0n) is 20.6. The van der Waals surface area contributed by atoms with Gasteiger partial charge in [-0.15, -0.1) is 0 Å². The molecule has 0 bridgehead atoms. The summed E-state index contributed by atoms with van der Waals surface area (Å²) in [5, 5.41) is 4.90. The Bertz CT molecular complexity index is 1470. The molecule has 0 unspecified atom stereocenters. The SMILES string of the molecule is COc1ccc(N(CC(=O)NCCOc2ccc3ccccc3c2)S(=O)(=O)c2ccccc2)cc1OC. The Labute approximate surface area is 216 Å². The molecule has 0 heterocycles. The second-order valence-electron chi connectivity index (χ2n) is 8.07. The van der Waals surface area contributed by atoms with Gasteiger partial charge in [0.15, 0.2) is 11.5 Å². The lowest BCUT2D eigenvalue weighted by Gasteiger charge is -2.25. The Kier molecular flexibility index (Phi) is 8.15. The van der Waals surface area contributed by atoms with E-state index in [9.17, 15) is 13.2 Å². The summed E-state index contributed by atoms with van der Waals surface area (Å²) in [7, 11) is -1.10. The molecule has 1 N–H and O–H groups in total. The van der Waals surface area contributed by atoms with Gasteiger partial charge < -0.3 is 19.5 Å². The molecule has 4 aromatic rings. The summed E-state index contributed by atoms with van der Waals surface area (Å²) in [4.78, 5) is 12.9. The Morgan fingerprint density at radius 3 is 2.24 bits per heavy atom. The monoisotopic (exact) mass is 520 g/mol. The standard InChI is InChI=1S/C28H28N2O6S/c1-34-26-15-13-23(19-27(26)35-2)30(37(32,33)25-10-4-3-5-11-25)20-28(31)29-16-17-36-24-14-12-21-8-6-7-9-22(21)18-24/h3-15,18-19H,16-17,20H2,1-2H3,(H,29,31). The number of nitrogens with zero attached hydrogens (tertiary/aromatic N) is 1. The van der Waals surface area contributed by atoms with E-state index in [0.717, 1.165) is 15.1 Å². The van der Waals surface area contributed by atoms with Crippen LogP contribution in [0.1, 0.15) is 0 Å². The molecule has 0 aliphatic rings. The number of anilines is 1. The number of fused-ring (bicyclic) bond motifs is 1. The van der Waals surface area contributed by atoms with Gasteiger partial charge in [-0.3, -0.25) is 9.10 Å². The number of carbonyl (C=O) groups excluding carboxylic acids is 1. The second-order valence-corrected chi connectivity index (χ2v) is 9.93. The summed E-state index contributed by atoms with van der Waals surface area (Å²) >= 11 is 0. The Morgan fingerprint density at radius 1 is 0.811 bits per heavy atom. The van der Waals surface area contributed by atoms with E-state index in [-0.39, 0.29) is 23.7 Å². The van der Waals surface area contributed by atoms with Crippen LogP contribution in [0.4, 0.5) is 5.69 Å². The molecule has 0 atom stereocenters. The van der Waals surface area contributed by atoms with Crippen LogP contribution >= 0.6 is 0 Å². The molecule has 9 heteroatoms. The molecule has 8 nitrogen and oxygen atoms in total. The predicted octanol–water partition coefficient (Wildman–Crippen LogP) is 4.25. The molecule has 4 aromatic carbocycles. The van der Waals surface area contributed by atoms with Gasteiger partial charge in [0.25, 0.3) is 10.0 Å². The number of amides is 1. The number of sulfonamides is 1. The third-order valence-electron chi connectivity index (χ3n) is 5.69. The van der Waals surface area contributed by atoms with E-state index < -0.39 is 22.5 Å². The lowest BCUT2D eigenvalue weighted by molar-refractivity contribution is -0.119. The number of nitrogens with one attached hydrogen (secondary N) is 1. The first-order valence-corrected chi connectivity index (χ1v) is 13.0. The maximum Gasteiger partial charge on any atom is 0.264 e. The van der Waals surface area contributed by atoms with Gasteiger partial charge in [0.05, 0.1) is 31.3 Å². The number of methoxy groups -OCH3 is 2. The van der Waals surface area contributed by atoms with Crippen LogP contribution in [0.5, 0.6) is 17.2 Å². The second kappa shape index (κ2) is 11.7. The van der Waals surface area contributed by atoms with Gasteiger partial charge in [-0.2, -0.15) is 0 Å². The van der Waals surface area contributed by atoms with Gasteiger partial charge in [-0.25, -0.2) is 8.42 Å². The summed E-state index contributed by atoms with van der Waals surface area (Å²) in [6, 6.07) is 26.4. The highest BCUT2D eigenvalue weighted by Crippen LogP contribution is 2.33. The molecule has 0 aliphatic carbocycles. The predicted molar refractivity (Wildman–Crippen MR) is 143 cm³/mol. The summed E-state index contributed by atoms with van der Waals surface area (Å²) in [5.74, 6) is 0.999. The highest BCUT2D eigenvalue weighted by molar-refractivity contribution is 7.92. The largest absolute Gasteiger partial charge is 0.493 e. The fourth-order valence-corrected chi connectivity index (χ4v) is 5.25. The van der Waals surface area contributed by atoms with Crippen LogP contribution in [0, 0.1) is 0 Å². The lowest BCUT2D eigenvalue weighted by Crippen LogP contribution is -2.41. The molecular formula is C28H28N2O6S. The average molecular weight is 521 g/mol. The van der Waals surface area contributed by atoms with E-state index in [2.05, 4.69) is 5.32 Å². The van der Waals surface area contributed by atoms with Crippen molar-refractivity contribution in [3.8, 4) is 17.2 Å². The van der Waals surface area contributed by atoms with E-state index in [1.54, 1.807) is 30.3 Å². The number of hydrogen-bond acceptors (Lipinski definition) is 6. The molecular weight excluding hydrogens is 492 g/mol. The van der Waals surface area contributed by atoms with E-state index >= 15 is 0 Å². The quantitative estimate of drug-likeness (QED) is 0.297. The summed E-state index contributed by atoms with van der Waals surface area (Å²) in [6.45, 7) is 0.00534. The lowest BCUT2D eigenvalue weighted by atomic mass is 10.1. The molecule has 192 valence electrons. The third kappa shape index (κ3) is 6.13. The minimum atomic E-state index is -4.04. The molecule has 0 spiro atoms. The Hall–Kier alpha value is -4.24. The van der Waals surface area contributed by atoms with Crippen LogP contribution in [-0.4, -0.2) is 48.2 Å². The van der Waals surface area contributed by atoms with Gasteiger partial charge in [0, 0.05) is 6.07 Å². The van der Waals surface area contributed by atoms with E-state index in [1.165, 1.54) is 32.4 Å². The van der Waals surface area contributed by atoms with Crippen molar-refractivity contribution >= 4 is 32.4 Å². The first kappa shape index (κ1) is 25.8. The van der Waals surface area contributed by atoms with Gasteiger partial charge in [-0.1, -0.05) is 48.5 Å². The summed E-state index contributed by atoms with van der Waals surface area (Å²) in [5.41, 5.74) is 0.268.